The first-order valence-electron chi connectivity index (χ1n) is 2.88. The minimum Gasteiger partial charge on any atom is -0.411 e. The van der Waals surface area contributed by atoms with Crippen molar-refractivity contribution in [2.75, 3.05) is 5.32 Å². The average molecular weight is 186 g/mol. The van der Waals surface area contributed by atoms with Gasteiger partial charge in [0.25, 0.3) is 0 Å². The maximum absolute atomic E-state index is 8.19. The molecule has 0 fully saturated rings. The van der Waals surface area contributed by atoms with Crippen molar-refractivity contribution in [3.8, 4) is 0 Å². The first-order chi connectivity index (χ1) is 5.74. The molecule has 0 aliphatic rings. The normalized spacial score (nSPS) is 10.3. The molecule has 1 heterocycles. The van der Waals surface area contributed by atoms with Gasteiger partial charge in [-0.2, -0.15) is 10.3 Å². The fraction of sp³-hybridized carbons (Fsp3) is 0. The number of hydrogen-bond acceptors (Lipinski definition) is 5. The molecule has 7 nitrogen and oxygen atoms in total. The second-order valence-electron chi connectivity index (χ2n) is 1.79. The molecule has 0 saturated carbocycles. The highest BCUT2D eigenvalue weighted by atomic mass is 32.1. The van der Waals surface area contributed by atoms with Crippen LogP contribution in [0.25, 0.3) is 0 Å². The summed E-state index contributed by atoms with van der Waals surface area (Å²) in [5.41, 5.74) is 5.50. The van der Waals surface area contributed by atoms with Crippen LogP contribution in [0, 0.1) is 0 Å². The molecule has 0 atom stereocenters. The minimum absolute atomic E-state index is 0.0662. The third-order valence-electron chi connectivity index (χ3n) is 0.996. The SMILES string of the molecule is NC(=S)Nc1n[nH]nc1/C=N/O. The van der Waals surface area contributed by atoms with Gasteiger partial charge in [0.05, 0.1) is 6.21 Å². The summed E-state index contributed by atoms with van der Waals surface area (Å²) in [6, 6.07) is 0. The molecule has 0 spiro atoms. The number of anilines is 1. The van der Waals surface area contributed by atoms with Crippen molar-refractivity contribution in [1.29, 1.82) is 0 Å². The summed E-state index contributed by atoms with van der Waals surface area (Å²) >= 11 is 4.57. The number of H-pyrrole nitrogens is 1. The van der Waals surface area contributed by atoms with Crippen molar-refractivity contribution in [2.24, 2.45) is 10.9 Å². The van der Waals surface area contributed by atoms with Crippen molar-refractivity contribution >= 4 is 29.4 Å². The number of nitrogens with two attached hydrogens (primary N) is 1. The Labute approximate surface area is 72.6 Å². The molecule has 0 unspecified atom stereocenters. The fourth-order valence-corrected chi connectivity index (χ4v) is 0.689. The monoisotopic (exact) mass is 186 g/mol. The molecule has 0 amide bonds. The van der Waals surface area contributed by atoms with E-state index in [1.807, 2.05) is 0 Å². The second-order valence-corrected chi connectivity index (χ2v) is 2.23. The van der Waals surface area contributed by atoms with Crippen LogP contribution in [0.3, 0.4) is 0 Å². The summed E-state index contributed by atoms with van der Waals surface area (Å²) < 4.78 is 0. The zero-order valence-electron chi connectivity index (χ0n) is 5.85. The molecule has 12 heavy (non-hydrogen) atoms. The van der Waals surface area contributed by atoms with Crippen LogP contribution in [-0.4, -0.2) is 31.9 Å². The van der Waals surface area contributed by atoms with E-state index in [9.17, 15) is 0 Å². The molecular weight excluding hydrogens is 180 g/mol. The van der Waals surface area contributed by atoms with Gasteiger partial charge in [-0.25, -0.2) is 0 Å². The van der Waals surface area contributed by atoms with E-state index in [0.29, 0.717) is 11.5 Å². The van der Waals surface area contributed by atoms with Crippen LogP contribution in [0.1, 0.15) is 5.69 Å². The maximum Gasteiger partial charge on any atom is 0.183 e. The van der Waals surface area contributed by atoms with E-state index in [1.54, 1.807) is 0 Å². The Bertz CT molecular complexity index is 306. The largest absolute Gasteiger partial charge is 0.411 e. The molecule has 1 aromatic rings. The predicted molar refractivity (Wildman–Crippen MR) is 46.2 cm³/mol. The van der Waals surface area contributed by atoms with E-state index in [1.165, 1.54) is 0 Å². The van der Waals surface area contributed by atoms with Crippen LogP contribution in [0.15, 0.2) is 5.16 Å². The molecule has 0 aromatic carbocycles. The lowest BCUT2D eigenvalue weighted by atomic mass is 10.5. The van der Waals surface area contributed by atoms with Gasteiger partial charge < -0.3 is 16.3 Å². The van der Waals surface area contributed by atoms with Crippen LogP contribution in [0.2, 0.25) is 0 Å². The number of nitrogens with one attached hydrogen (secondary N) is 2. The highest BCUT2D eigenvalue weighted by Gasteiger charge is 2.04. The topological polar surface area (TPSA) is 112 Å². The van der Waals surface area contributed by atoms with Crippen LogP contribution in [0.5, 0.6) is 0 Å². The third-order valence-corrected chi connectivity index (χ3v) is 1.10. The molecule has 0 aliphatic carbocycles. The molecular formula is C4H6N6OS. The first-order valence-corrected chi connectivity index (χ1v) is 3.29. The number of aromatic amines is 1. The fourth-order valence-electron chi connectivity index (χ4n) is 0.592. The van der Waals surface area contributed by atoms with Crippen LogP contribution < -0.4 is 11.1 Å². The van der Waals surface area contributed by atoms with Crippen molar-refractivity contribution in [1.82, 2.24) is 15.4 Å². The molecule has 8 heteroatoms. The molecule has 0 radical (unpaired) electrons. The molecule has 1 aromatic heterocycles. The van der Waals surface area contributed by atoms with Gasteiger partial charge in [-0.1, -0.05) is 5.16 Å². The Kier molecular flexibility index (Phi) is 2.53. The maximum atomic E-state index is 8.19. The Hall–Kier alpha value is -1.70. The summed E-state index contributed by atoms with van der Waals surface area (Å²) in [6.07, 6.45) is 1.10. The molecule has 0 bridgehead atoms. The quantitative estimate of drug-likeness (QED) is 0.209. The van der Waals surface area contributed by atoms with E-state index in [-0.39, 0.29) is 5.11 Å². The lowest BCUT2D eigenvalue weighted by Crippen LogP contribution is -2.20. The minimum atomic E-state index is 0.0662. The highest BCUT2D eigenvalue weighted by molar-refractivity contribution is 7.80. The summed E-state index contributed by atoms with van der Waals surface area (Å²) in [7, 11) is 0. The van der Waals surface area contributed by atoms with Crippen molar-refractivity contribution in [2.45, 2.75) is 0 Å². The van der Waals surface area contributed by atoms with Gasteiger partial charge in [-0.3, -0.25) is 0 Å². The van der Waals surface area contributed by atoms with E-state index < -0.39 is 0 Å². The Balaban J connectivity index is 2.83. The average Bonchev–Trinajstić information content (AvgIpc) is 2.37. The molecule has 64 valence electrons. The smallest absolute Gasteiger partial charge is 0.183 e. The Morgan fingerprint density at radius 1 is 1.75 bits per heavy atom. The summed E-state index contributed by atoms with van der Waals surface area (Å²) in [5, 5.41) is 23.2. The third kappa shape index (κ3) is 1.89. The predicted octanol–water partition coefficient (Wildman–Crippen LogP) is -0.732. The summed E-state index contributed by atoms with van der Waals surface area (Å²) in [6.45, 7) is 0. The lowest BCUT2D eigenvalue weighted by Gasteiger charge is -1.96. The zero-order chi connectivity index (χ0) is 8.97. The Morgan fingerprint density at radius 2 is 2.50 bits per heavy atom. The molecule has 1 rings (SSSR count). The van der Waals surface area contributed by atoms with Crippen LogP contribution >= 0.6 is 12.2 Å². The number of hydrogen-bond donors (Lipinski definition) is 4. The van der Waals surface area contributed by atoms with Gasteiger partial charge in [0.15, 0.2) is 16.6 Å². The van der Waals surface area contributed by atoms with Gasteiger partial charge in [0, 0.05) is 0 Å². The number of thiocarbonyl (C=S) groups is 1. The van der Waals surface area contributed by atoms with Gasteiger partial charge in [0.2, 0.25) is 0 Å². The van der Waals surface area contributed by atoms with E-state index >= 15 is 0 Å². The van der Waals surface area contributed by atoms with E-state index in [2.05, 4.69) is 38.1 Å². The molecule has 5 N–H and O–H groups in total. The summed E-state index contributed by atoms with van der Waals surface area (Å²) in [4.78, 5) is 0. The number of aromatic nitrogens is 3. The highest BCUT2D eigenvalue weighted by Crippen LogP contribution is 2.03. The lowest BCUT2D eigenvalue weighted by molar-refractivity contribution is 0.321. The van der Waals surface area contributed by atoms with Crippen LogP contribution in [0.4, 0.5) is 5.82 Å². The Morgan fingerprint density at radius 3 is 3.08 bits per heavy atom. The number of nitrogens with zero attached hydrogens (tertiary/aromatic N) is 3. The van der Waals surface area contributed by atoms with Gasteiger partial charge in [0.1, 0.15) is 0 Å². The van der Waals surface area contributed by atoms with Crippen LogP contribution in [-0.2, 0) is 0 Å². The van der Waals surface area contributed by atoms with Gasteiger partial charge in [-0.05, 0) is 12.2 Å². The van der Waals surface area contributed by atoms with Crippen molar-refractivity contribution < 1.29 is 5.21 Å². The molecule has 0 aliphatic heterocycles. The van der Waals surface area contributed by atoms with E-state index in [4.69, 9.17) is 10.9 Å². The summed E-state index contributed by atoms with van der Waals surface area (Å²) in [5.74, 6) is 0.320. The van der Waals surface area contributed by atoms with Crippen molar-refractivity contribution in [3.05, 3.63) is 5.69 Å². The number of rotatable bonds is 2. The first kappa shape index (κ1) is 8.40. The second kappa shape index (κ2) is 3.62. The van der Waals surface area contributed by atoms with Crippen molar-refractivity contribution in [3.63, 3.8) is 0 Å². The molecule has 0 saturated heterocycles. The van der Waals surface area contributed by atoms with Gasteiger partial charge in [-0.15, -0.1) is 5.10 Å². The standard InChI is InChI=1S/C4H6N6OS/c5-4(12)7-3-2(1-6-11)8-10-9-3/h1,11H,(H4,5,7,8,9,10,12)/b6-1+. The van der Waals surface area contributed by atoms with E-state index in [0.717, 1.165) is 6.21 Å². The number of oxime groups is 1. The zero-order valence-corrected chi connectivity index (χ0v) is 6.67. The van der Waals surface area contributed by atoms with Gasteiger partial charge >= 0.3 is 0 Å².